The van der Waals surface area contributed by atoms with E-state index in [9.17, 15) is 4.39 Å². The Morgan fingerprint density at radius 3 is 2.50 bits per heavy atom. The molecule has 0 aromatic heterocycles. The van der Waals surface area contributed by atoms with Gasteiger partial charge in [-0.15, -0.1) is 0 Å². The van der Waals surface area contributed by atoms with Gasteiger partial charge in [0.25, 0.3) is 0 Å². The van der Waals surface area contributed by atoms with Gasteiger partial charge in [-0.3, -0.25) is 4.90 Å². The van der Waals surface area contributed by atoms with Crippen molar-refractivity contribution in [3.8, 4) is 0 Å². The summed E-state index contributed by atoms with van der Waals surface area (Å²) < 4.78 is 19.3. The standard InChI is InChI=1S/C22H27FN2O/c1-17-16-18-4-2-3-5-21(18)22(26-17)10-11-24-12-14-25(15-13-24)20-8-6-19(23)7-9-20/h2-9,17,22H,10-16H2,1H3/t17-,22-/m0/s1. The Labute approximate surface area is 155 Å². The molecule has 0 unspecified atom stereocenters. The Bertz CT molecular complexity index is 725. The van der Waals surface area contributed by atoms with Crippen molar-refractivity contribution in [1.82, 2.24) is 4.90 Å². The number of benzene rings is 2. The van der Waals surface area contributed by atoms with Gasteiger partial charge in [-0.2, -0.15) is 0 Å². The third-order valence-corrected chi connectivity index (χ3v) is 5.58. The van der Waals surface area contributed by atoms with E-state index in [1.807, 2.05) is 12.1 Å². The number of hydrogen-bond acceptors (Lipinski definition) is 3. The molecule has 2 aromatic rings. The highest BCUT2D eigenvalue weighted by atomic mass is 19.1. The molecule has 4 heteroatoms. The molecule has 0 amide bonds. The minimum absolute atomic E-state index is 0.172. The van der Waals surface area contributed by atoms with Crippen LogP contribution in [0.15, 0.2) is 48.5 Å². The van der Waals surface area contributed by atoms with Crippen LogP contribution in [-0.2, 0) is 11.2 Å². The maximum absolute atomic E-state index is 13.1. The van der Waals surface area contributed by atoms with Crippen LogP contribution in [0.3, 0.4) is 0 Å². The summed E-state index contributed by atoms with van der Waals surface area (Å²) in [5.74, 6) is -0.172. The number of halogens is 1. The molecule has 0 saturated carbocycles. The van der Waals surface area contributed by atoms with Gasteiger partial charge in [-0.1, -0.05) is 24.3 Å². The summed E-state index contributed by atoms with van der Waals surface area (Å²) in [6.45, 7) is 7.30. The molecule has 3 nitrogen and oxygen atoms in total. The number of piperazine rings is 1. The van der Waals surface area contributed by atoms with Crippen LogP contribution in [0.4, 0.5) is 10.1 Å². The monoisotopic (exact) mass is 354 g/mol. The van der Waals surface area contributed by atoms with Crippen LogP contribution in [-0.4, -0.2) is 43.7 Å². The van der Waals surface area contributed by atoms with E-state index in [-0.39, 0.29) is 11.9 Å². The summed E-state index contributed by atoms with van der Waals surface area (Å²) in [7, 11) is 0. The van der Waals surface area contributed by atoms with Crippen molar-refractivity contribution in [2.24, 2.45) is 0 Å². The van der Waals surface area contributed by atoms with Crippen molar-refractivity contribution in [2.75, 3.05) is 37.6 Å². The van der Waals surface area contributed by atoms with Gasteiger partial charge in [0.2, 0.25) is 0 Å². The van der Waals surface area contributed by atoms with Crippen LogP contribution in [0, 0.1) is 5.82 Å². The molecule has 2 heterocycles. The quantitative estimate of drug-likeness (QED) is 0.824. The molecule has 138 valence electrons. The van der Waals surface area contributed by atoms with Gasteiger partial charge in [0.15, 0.2) is 0 Å². The third kappa shape index (κ3) is 3.92. The first-order valence-electron chi connectivity index (χ1n) is 9.65. The van der Waals surface area contributed by atoms with E-state index in [0.717, 1.165) is 51.3 Å². The Hall–Kier alpha value is -1.91. The van der Waals surface area contributed by atoms with E-state index in [1.165, 1.54) is 11.1 Å². The Morgan fingerprint density at radius 2 is 1.73 bits per heavy atom. The molecule has 1 fully saturated rings. The summed E-state index contributed by atoms with van der Waals surface area (Å²) in [4.78, 5) is 4.86. The average Bonchev–Trinajstić information content (AvgIpc) is 2.67. The van der Waals surface area contributed by atoms with E-state index in [2.05, 4.69) is 41.0 Å². The molecule has 1 saturated heterocycles. The average molecular weight is 354 g/mol. The van der Waals surface area contributed by atoms with E-state index in [1.54, 1.807) is 12.1 Å². The maximum atomic E-state index is 13.1. The van der Waals surface area contributed by atoms with Crippen LogP contribution < -0.4 is 4.90 Å². The topological polar surface area (TPSA) is 15.7 Å². The highest BCUT2D eigenvalue weighted by molar-refractivity contribution is 5.46. The largest absolute Gasteiger partial charge is 0.370 e. The van der Waals surface area contributed by atoms with E-state index in [4.69, 9.17) is 4.74 Å². The van der Waals surface area contributed by atoms with Gasteiger partial charge >= 0.3 is 0 Å². The van der Waals surface area contributed by atoms with Gasteiger partial charge < -0.3 is 9.64 Å². The first kappa shape index (κ1) is 17.5. The lowest BCUT2D eigenvalue weighted by Gasteiger charge is -2.37. The summed E-state index contributed by atoms with van der Waals surface area (Å²) in [6.07, 6.45) is 2.57. The Balaban J connectivity index is 1.31. The van der Waals surface area contributed by atoms with E-state index in [0.29, 0.717) is 6.10 Å². The molecule has 0 spiro atoms. The van der Waals surface area contributed by atoms with Crippen LogP contribution >= 0.6 is 0 Å². The molecule has 2 atom stereocenters. The predicted octanol–water partition coefficient (Wildman–Crippen LogP) is 4.04. The molecular formula is C22H27FN2O. The van der Waals surface area contributed by atoms with Crippen molar-refractivity contribution in [2.45, 2.75) is 32.0 Å². The molecule has 26 heavy (non-hydrogen) atoms. The summed E-state index contributed by atoms with van der Waals surface area (Å²) in [5.41, 5.74) is 3.93. The van der Waals surface area contributed by atoms with Crippen LogP contribution in [0.1, 0.15) is 30.6 Å². The van der Waals surface area contributed by atoms with Gasteiger partial charge in [0, 0.05) is 38.4 Å². The normalized spacial score (nSPS) is 23.7. The number of rotatable bonds is 4. The van der Waals surface area contributed by atoms with Crippen LogP contribution in [0.2, 0.25) is 0 Å². The molecule has 0 aliphatic carbocycles. The highest BCUT2D eigenvalue weighted by Gasteiger charge is 2.26. The van der Waals surface area contributed by atoms with Crippen molar-refractivity contribution in [3.63, 3.8) is 0 Å². The minimum Gasteiger partial charge on any atom is -0.370 e. The van der Waals surface area contributed by atoms with Crippen molar-refractivity contribution in [3.05, 3.63) is 65.5 Å². The molecule has 2 aromatic carbocycles. The smallest absolute Gasteiger partial charge is 0.123 e. The van der Waals surface area contributed by atoms with Crippen molar-refractivity contribution in [1.29, 1.82) is 0 Å². The zero-order valence-electron chi connectivity index (χ0n) is 15.4. The highest BCUT2D eigenvalue weighted by Crippen LogP contribution is 2.32. The summed E-state index contributed by atoms with van der Waals surface area (Å²) >= 11 is 0. The summed E-state index contributed by atoms with van der Waals surface area (Å²) in [6, 6.07) is 15.5. The minimum atomic E-state index is -0.172. The molecule has 0 radical (unpaired) electrons. The first-order chi connectivity index (χ1) is 12.7. The van der Waals surface area contributed by atoms with Gasteiger partial charge in [-0.05, 0) is 55.2 Å². The third-order valence-electron chi connectivity index (χ3n) is 5.58. The zero-order valence-corrected chi connectivity index (χ0v) is 15.4. The van der Waals surface area contributed by atoms with E-state index >= 15 is 0 Å². The second-order valence-electron chi connectivity index (χ2n) is 7.43. The van der Waals surface area contributed by atoms with Gasteiger partial charge in [0.05, 0.1) is 12.2 Å². The van der Waals surface area contributed by atoms with Crippen LogP contribution in [0.25, 0.3) is 0 Å². The second kappa shape index (κ2) is 7.77. The van der Waals surface area contributed by atoms with Gasteiger partial charge in [-0.25, -0.2) is 4.39 Å². The zero-order chi connectivity index (χ0) is 17.9. The fraction of sp³-hybridized carbons (Fsp3) is 0.455. The molecule has 0 bridgehead atoms. The lowest BCUT2D eigenvalue weighted by atomic mass is 9.93. The summed E-state index contributed by atoms with van der Waals surface area (Å²) in [5, 5.41) is 0. The molecular weight excluding hydrogens is 327 g/mol. The fourth-order valence-corrected chi connectivity index (χ4v) is 4.15. The molecule has 2 aliphatic rings. The van der Waals surface area contributed by atoms with Crippen molar-refractivity contribution < 1.29 is 9.13 Å². The predicted molar refractivity (Wildman–Crippen MR) is 103 cm³/mol. The number of hydrogen-bond donors (Lipinski definition) is 0. The molecule has 0 N–H and O–H groups in total. The lowest BCUT2D eigenvalue weighted by Crippen LogP contribution is -2.47. The van der Waals surface area contributed by atoms with Gasteiger partial charge in [0.1, 0.15) is 5.82 Å². The number of fused-ring (bicyclic) bond motifs is 1. The Kier molecular flexibility index (Phi) is 5.23. The number of anilines is 1. The van der Waals surface area contributed by atoms with Crippen molar-refractivity contribution >= 4 is 5.69 Å². The lowest BCUT2D eigenvalue weighted by molar-refractivity contribution is -0.0242. The maximum Gasteiger partial charge on any atom is 0.123 e. The molecule has 4 rings (SSSR count). The number of ether oxygens (including phenoxy) is 1. The second-order valence-corrected chi connectivity index (χ2v) is 7.43. The SMILES string of the molecule is C[C@H]1Cc2ccccc2[C@H](CCN2CCN(c3ccc(F)cc3)CC2)O1. The first-order valence-corrected chi connectivity index (χ1v) is 9.65. The van der Waals surface area contributed by atoms with E-state index < -0.39 is 0 Å². The molecule has 2 aliphatic heterocycles. The number of nitrogens with zero attached hydrogens (tertiary/aromatic N) is 2. The Morgan fingerprint density at radius 1 is 1.00 bits per heavy atom. The van der Waals surface area contributed by atoms with Crippen LogP contribution in [0.5, 0.6) is 0 Å². The fourth-order valence-electron chi connectivity index (χ4n) is 4.15.